The molecule has 1 aliphatic heterocycles. The first kappa shape index (κ1) is 11.8. The van der Waals surface area contributed by atoms with Gasteiger partial charge in [-0.2, -0.15) is 13.2 Å². The van der Waals surface area contributed by atoms with Gasteiger partial charge < -0.3 is 0 Å². The molecule has 0 saturated carbocycles. The highest BCUT2D eigenvalue weighted by Gasteiger charge is 2.35. The Morgan fingerprint density at radius 3 is 2.35 bits per heavy atom. The van der Waals surface area contributed by atoms with Gasteiger partial charge in [0.2, 0.25) is 9.84 Å². The maximum Gasteiger partial charge on any atom is 0.416 e. The van der Waals surface area contributed by atoms with E-state index in [0.717, 1.165) is 18.2 Å². The molecule has 90 valence electrons. The minimum absolute atomic E-state index is 0.0973. The number of fused-ring (bicyclic) bond motifs is 1. The van der Waals surface area contributed by atoms with E-state index in [9.17, 15) is 26.4 Å². The molecule has 0 unspecified atom stereocenters. The molecule has 0 radical (unpaired) electrons. The van der Waals surface area contributed by atoms with E-state index >= 15 is 0 Å². The Kier molecular flexibility index (Phi) is 2.39. The van der Waals surface area contributed by atoms with Crippen LogP contribution < -0.4 is 0 Å². The van der Waals surface area contributed by atoms with E-state index in [0.29, 0.717) is 6.07 Å². The quantitative estimate of drug-likeness (QED) is 0.728. The van der Waals surface area contributed by atoms with Crippen LogP contribution in [0.15, 0.2) is 28.0 Å². The topological polar surface area (TPSA) is 51.2 Å². The van der Waals surface area contributed by atoms with Gasteiger partial charge in [-0.15, -0.1) is 0 Å². The minimum Gasteiger partial charge on any atom is -0.297 e. The average molecular weight is 262 g/mol. The lowest BCUT2D eigenvalue weighted by Crippen LogP contribution is -2.07. The highest BCUT2D eigenvalue weighted by atomic mass is 32.2. The van der Waals surface area contributed by atoms with E-state index < -0.39 is 31.4 Å². The van der Waals surface area contributed by atoms with Gasteiger partial charge in [-0.25, -0.2) is 8.42 Å². The molecule has 17 heavy (non-hydrogen) atoms. The molecule has 1 aliphatic rings. The van der Waals surface area contributed by atoms with Crippen molar-refractivity contribution in [3.8, 4) is 0 Å². The zero-order chi connectivity index (χ0) is 12.8. The molecule has 0 fully saturated rings. The normalized spacial score (nSPS) is 17.5. The molecule has 0 saturated heterocycles. The summed E-state index contributed by atoms with van der Waals surface area (Å²) in [6, 6.07) is 2.35. The second-order valence-electron chi connectivity index (χ2n) is 3.42. The SMILES string of the molecule is O=CC1=Cc2ccc(C(F)(F)F)cc2S1(=O)=O. The van der Waals surface area contributed by atoms with Gasteiger partial charge in [0.1, 0.15) is 4.91 Å². The molecule has 0 atom stereocenters. The molecule has 1 aromatic carbocycles. The van der Waals surface area contributed by atoms with Crippen LogP contribution in [0.25, 0.3) is 6.08 Å². The minimum atomic E-state index is -4.62. The fraction of sp³-hybridized carbons (Fsp3) is 0.100. The number of alkyl halides is 3. The van der Waals surface area contributed by atoms with Gasteiger partial charge in [0, 0.05) is 0 Å². The molecular formula is C10H5F3O3S. The number of halogens is 3. The lowest BCUT2D eigenvalue weighted by atomic mass is 10.1. The van der Waals surface area contributed by atoms with Crippen LogP contribution >= 0.6 is 0 Å². The predicted molar refractivity (Wildman–Crippen MR) is 52.7 cm³/mol. The van der Waals surface area contributed by atoms with Crippen molar-refractivity contribution in [2.75, 3.05) is 0 Å². The standard InChI is InChI=1S/C10H5F3O3S/c11-10(12,13)7-2-1-6-3-8(5-14)17(15,16)9(6)4-7/h1-5H. The first-order valence-electron chi connectivity index (χ1n) is 4.40. The maximum absolute atomic E-state index is 12.4. The molecule has 1 aromatic rings. The number of hydrogen-bond donors (Lipinski definition) is 0. The number of aldehydes is 1. The molecule has 2 rings (SSSR count). The lowest BCUT2D eigenvalue weighted by Gasteiger charge is -2.08. The Bertz CT molecular complexity index is 627. The average Bonchev–Trinajstić information content (AvgIpc) is 2.48. The fourth-order valence-electron chi connectivity index (χ4n) is 1.52. The van der Waals surface area contributed by atoms with Crippen molar-refractivity contribution >= 4 is 22.2 Å². The van der Waals surface area contributed by atoms with Crippen LogP contribution in [0.5, 0.6) is 0 Å². The highest BCUT2D eigenvalue weighted by Crippen LogP contribution is 2.37. The van der Waals surface area contributed by atoms with Gasteiger partial charge in [0.15, 0.2) is 6.29 Å². The first-order valence-corrected chi connectivity index (χ1v) is 5.88. The van der Waals surface area contributed by atoms with Gasteiger partial charge in [0.05, 0.1) is 10.5 Å². The van der Waals surface area contributed by atoms with Crippen LogP contribution in [0, 0.1) is 0 Å². The van der Waals surface area contributed by atoms with Crippen LogP contribution in [0.3, 0.4) is 0 Å². The Morgan fingerprint density at radius 1 is 1.18 bits per heavy atom. The summed E-state index contributed by atoms with van der Waals surface area (Å²) < 4.78 is 60.5. The largest absolute Gasteiger partial charge is 0.416 e. The van der Waals surface area contributed by atoms with E-state index in [4.69, 9.17) is 0 Å². The van der Waals surface area contributed by atoms with Gasteiger partial charge >= 0.3 is 6.18 Å². The number of carbonyl (C=O) groups excluding carboxylic acids is 1. The molecular weight excluding hydrogens is 257 g/mol. The monoisotopic (exact) mass is 262 g/mol. The predicted octanol–water partition coefficient (Wildman–Crippen LogP) is 2.03. The van der Waals surface area contributed by atoms with Crippen molar-refractivity contribution in [2.45, 2.75) is 11.1 Å². The zero-order valence-corrected chi connectivity index (χ0v) is 8.97. The molecule has 0 bridgehead atoms. The smallest absolute Gasteiger partial charge is 0.297 e. The van der Waals surface area contributed by atoms with E-state index in [-0.39, 0.29) is 11.8 Å². The van der Waals surface area contributed by atoms with Crippen LogP contribution in [0.1, 0.15) is 11.1 Å². The molecule has 0 aliphatic carbocycles. The second-order valence-corrected chi connectivity index (χ2v) is 5.34. The molecule has 0 aromatic heterocycles. The van der Waals surface area contributed by atoms with Crippen molar-refractivity contribution in [3.05, 3.63) is 34.2 Å². The van der Waals surface area contributed by atoms with Gasteiger partial charge in [0.25, 0.3) is 0 Å². The summed E-state index contributed by atoms with van der Waals surface area (Å²) in [5.41, 5.74) is -0.958. The number of carbonyl (C=O) groups is 1. The first-order chi connectivity index (χ1) is 7.76. The number of benzene rings is 1. The van der Waals surface area contributed by atoms with Crippen LogP contribution in [0.2, 0.25) is 0 Å². The van der Waals surface area contributed by atoms with Crippen molar-refractivity contribution in [1.82, 2.24) is 0 Å². The van der Waals surface area contributed by atoms with Crippen molar-refractivity contribution in [2.24, 2.45) is 0 Å². The summed E-state index contributed by atoms with van der Waals surface area (Å²) in [4.78, 5) is 9.50. The van der Waals surface area contributed by atoms with E-state index in [1.165, 1.54) is 0 Å². The van der Waals surface area contributed by atoms with Crippen LogP contribution in [0.4, 0.5) is 13.2 Å². The summed E-state index contributed by atoms with van der Waals surface area (Å²) in [5, 5.41) is 0. The Labute approximate surface area is 94.5 Å². The van der Waals surface area contributed by atoms with E-state index in [1.807, 2.05) is 0 Å². The van der Waals surface area contributed by atoms with Crippen molar-refractivity contribution < 1.29 is 26.4 Å². The number of allylic oxidation sites excluding steroid dienone is 1. The number of sulfone groups is 1. The summed E-state index contributed by atoms with van der Waals surface area (Å²) in [5.74, 6) is 0. The summed E-state index contributed by atoms with van der Waals surface area (Å²) in [6.07, 6.45) is -3.45. The fourth-order valence-corrected chi connectivity index (χ4v) is 2.90. The summed E-state index contributed by atoms with van der Waals surface area (Å²) in [6.45, 7) is 0. The van der Waals surface area contributed by atoms with Gasteiger partial charge in [-0.05, 0) is 23.8 Å². The van der Waals surface area contributed by atoms with Crippen LogP contribution in [-0.4, -0.2) is 14.7 Å². The second kappa shape index (κ2) is 3.43. The molecule has 0 N–H and O–H groups in total. The third kappa shape index (κ3) is 1.76. The number of rotatable bonds is 1. The highest BCUT2D eigenvalue weighted by molar-refractivity contribution is 7.96. The molecule has 7 heteroatoms. The van der Waals surface area contributed by atoms with Gasteiger partial charge in [-0.1, -0.05) is 6.07 Å². The summed E-state index contributed by atoms with van der Waals surface area (Å²) >= 11 is 0. The Balaban J connectivity index is 2.66. The van der Waals surface area contributed by atoms with E-state index in [1.54, 1.807) is 0 Å². The maximum atomic E-state index is 12.4. The zero-order valence-electron chi connectivity index (χ0n) is 8.15. The lowest BCUT2D eigenvalue weighted by molar-refractivity contribution is -0.137. The van der Waals surface area contributed by atoms with Crippen molar-refractivity contribution in [1.29, 1.82) is 0 Å². The Morgan fingerprint density at radius 2 is 1.82 bits per heavy atom. The molecule has 3 nitrogen and oxygen atoms in total. The van der Waals surface area contributed by atoms with E-state index in [2.05, 4.69) is 0 Å². The van der Waals surface area contributed by atoms with Crippen LogP contribution in [-0.2, 0) is 20.8 Å². The Hall–Kier alpha value is -1.63. The molecule has 1 heterocycles. The van der Waals surface area contributed by atoms with Gasteiger partial charge in [-0.3, -0.25) is 4.79 Å². The third-order valence-corrected chi connectivity index (χ3v) is 4.12. The van der Waals surface area contributed by atoms with Crippen molar-refractivity contribution in [3.63, 3.8) is 0 Å². The number of hydrogen-bond acceptors (Lipinski definition) is 3. The summed E-state index contributed by atoms with van der Waals surface area (Å²) in [7, 11) is -4.09. The molecule has 0 amide bonds. The molecule has 0 spiro atoms. The third-order valence-electron chi connectivity index (χ3n) is 2.35.